The molecule has 0 bridgehead atoms. The fourth-order valence-electron chi connectivity index (χ4n) is 4.35. The summed E-state index contributed by atoms with van der Waals surface area (Å²) in [6.07, 6.45) is 3.47. The van der Waals surface area contributed by atoms with E-state index >= 15 is 0 Å². The zero-order valence-corrected chi connectivity index (χ0v) is 17.0. The van der Waals surface area contributed by atoms with Crippen LogP contribution in [0.2, 0.25) is 0 Å². The predicted molar refractivity (Wildman–Crippen MR) is 131 cm³/mol. The highest BCUT2D eigenvalue weighted by Crippen LogP contribution is 2.44. The Kier molecular flexibility index (Phi) is 4.74. The normalized spacial score (nSPS) is 17.4. The van der Waals surface area contributed by atoms with Gasteiger partial charge in [0.05, 0.1) is 11.1 Å². The third-order valence-corrected chi connectivity index (χ3v) is 5.82. The summed E-state index contributed by atoms with van der Waals surface area (Å²) >= 11 is 0. The van der Waals surface area contributed by atoms with Gasteiger partial charge in [-0.2, -0.15) is 0 Å². The van der Waals surface area contributed by atoms with Crippen molar-refractivity contribution < 1.29 is 14.3 Å². The second-order valence-electron chi connectivity index (χ2n) is 7.60. The first-order valence-corrected chi connectivity index (χ1v) is 9.88. The summed E-state index contributed by atoms with van der Waals surface area (Å²) in [6, 6.07) is 18.4. The average molecular weight is 405 g/mol. The maximum absolute atomic E-state index is 13.3. The molecule has 0 saturated carbocycles. The fraction of sp³-hybridized carbons (Fsp3) is 0. The molecule has 4 nitrogen and oxygen atoms in total. The van der Waals surface area contributed by atoms with E-state index in [4.69, 9.17) is 31.9 Å². The van der Waals surface area contributed by atoms with Crippen LogP contribution in [-0.2, 0) is 4.79 Å². The Morgan fingerprint density at radius 2 is 1.41 bits per heavy atom. The van der Waals surface area contributed by atoms with Gasteiger partial charge >= 0.3 is 16.0 Å². The molecule has 0 aliphatic heterocycles. The molecule has 8 radical (unpaired) electrons. The van der Waals surface area contributed by atoms with Crippen LogP contribution in [0.15, 0.2) is 84.1 Å². The van der Waals surface area contributed by atoms with Crippen molar-refractivity contribution in [3.63, 3.8) is 0 Å². The highest BCUT2D eigenvalue weighted by molar-refractivity contribution is 6.45. The van der Waals surface area contributed by atoms with Gasteiger partial charge in [0.2, 0.25) is 21.7 Å². The molecule has 0 unspecified atom stereocenters. The van der Waals surface area contributed by atoms with E-state index in [-0.39, 0.29) is 22.7 Å². The Hall–Kier alpha value is -3.66. The molecule has 2 aliphatic carbocycles. The number of hydrogen-bond acceptors (Lipinski definition) is 3. The van der Waals surface area contributed by atoms with Gasteiger partial charge in [-0.25, -0.2) is 0 Å². The van der Waals surface area contributed by atoms with Gasteiger partial charge in [0.25, 0.3) is 0 Å². The minimum atomic E-state index is -0.243. The molecule has 0 amide bonds. The number of fused-ring (bicyclic) bond motifs is 2. The number of hydrogen-bond donors (Lipinski definition) is 1. The molecule has 0 spiro atoms. The number of rotatable bonds is 2. The van der Waals surface area contributed by atoms with Crippen LogP contribution >= 0.6 is 0 Å². The smallest absolute Gasteiger partial charge is 0.506 e. The summed E-state index contributed by atoms with van der Waals surface area (Å²) < 4.78 is 2.07. The lowest BCUT2D eigenvalue weighted by molar-refractivity contribution is -0.185. The summed E-state index contributed by atoms with van der Waals surface area (Å²) in [5.41, 5.74) is 4.51. The molecule has 5 rings (SSSR count). The average Bonchev–Trinajstić information content (AvgIpc) is 2.79. The van der Waals surface area contributed by atoms with Crippen molar-refractivity contribution in [2.24, 2.45) is 0 Å². The van der Waals surface area contributed by atoms with E-state index in [0.717, 1.165) is 31.0 Å². The Bertz CT molecular complexity index is 1450. The van der Waals surface area contributed by atoms with Gasteiger partial charge in [-0.15, -0.1) is 0 Å². The molecular weight excluding hydrogens is 392 g/mol. The second-order valence-corrected chi connectivity index (χ2v) is 7.60. The molecule has 0 heterocycles. The Morgan fingerprint density at radius 3 is 2.06 bits per heavy atom. The van der Waals surface area contributed by atoms with E-state index in [0.29, 0.717) is 22.5 Å². The summed E-state index contributed by atoms with van der Waals surface area (Å²) in [4.78, 5) is 13.3. The highest BCUT2D eigenvalue weighted by atomic mass is 16.3. The van der Waals surface area contributed by atoms with Crippen molar-refractivity contribution in [1.82, 2.24) is 0 Å². The number of anilines is 1. The first kappa shape index (κ1) is 20.3. The van der Waals surface area contributed by atoms with Crippen molar-refractivity contribution in [2.45, 2.75) is 0 Å². The summed E-state index contributed by atoms with van der Waals surface area (Å²) in [6.45, 7) is 0. The standard InChI is InChI=1S/C24H13B4N2O2/c25-29(26)19-11-9-17(13-5-1-3-7-15(13)19)21-23(31)22(24(21)32)18-10-12-20(30(27)28)16-8-4-2-6-14(16)18/h1-12,31H/q+1. The number of carbonyl (C=O) groups is 1. The van der Waals surface area contributed by atoms with Crippen LogP contribution in [-0.4, -0.2) is 52.9 Å². The van der Waals surface area contributed by atoms with Gasteiger partial charge in [-0.1, -0.05) is 48.5 Å². The first-order chi connectivity index (χ1) is 15.4. The van der Waals surface area contributed by atoms with Gasteiger partial charge in [0.1, 0.15) is 5.76 Å². The number of aliphatic hydroxyl groups excluding tert-OH is 1. The molecular formula is C24H13B4N2O2+. The predicted octanol–water partition coefficient (Wildman–Crippen LogP) is 2.66. The lowest BCUT2D eigenvalue weighted by atomic mass is 9.76. The molecule has 0 saturated heterocycles. The van der Waals surface area contributed by atoms with E-state index in [9.17, 15) is 9.90 Å². The van der Waals surface area contributed by atoms with Crippen LogP contribution < -0.4 is 4.72 Å². The molecule has 1 N–H and O–H groups in total. The lowest BCUT2D eigenvalue weighted by Gasteiger charge is -2.27. The van der Waals surface area contributed by atoms with Crippen molar-refractivity contribution in [3.8, 4) is 0 Å². The topological polar surface area (TPSA) is 43.5 Å². The Balaban J connectivity index is 1.72. The maximum atomic E-state index is 13.3. The van der Waals surface area contributed by atoms with Gasteiger partial charge in [-0.05, 0) is 40.3 Å². The Labute approximate surface area is 191 Å². The molecule has 0 aromatic heterocycles. The summed E-state index contributed by atoms with van der Waals surface area (Å²) in [5, 5.41) is 12.6. The number of benzene rings is 3. The van der Waals surface area contributed by atoms with Crippen LogP contribution in [0, 0.1) is 0 Å². The number of aliphatic hydroxyl groups is 1. The molecule has 0 atom stereocenters. The number of allylic oxidation sites excluding steroid dienone is 5. The number of Topliss-reactive ketones (excluding diaryl/α,β-unsaturated/α-hetero) is 1. The van der Waals surface area contributed by atoms with E-state index in [1.165, 1.54) is 0 Å². The van der Waals surface area contributed by atoms with Crippen molar-refractivity contribution in [3.05, 3.63) is 101 Å². The van der Waals surface area contributed by atoms with Gasteiger partial charge < -0.3 is 14.2 Å². The highest BCUT2D eigenvalue weighted by Gasteiger charge is 2.39. The molecule has 3 aromatic carbocycles. The SMILES string of the molecule is [B]N([B])c1ccc(C2=C(O)/C(=C3\C=CC(=[N+]([B])[B])c4ccccc43)C2=O)c2ccccc12. The third kappa shape index (κ3) is 2.90. The van der Waals surface area contributed by atoms with Crippen molar-refractivity contribution >= 4 is 71.0 Å². The Morgan fingerprint density at radius 1 is 0.750 bits per heavy atom. The summed E-state index contributed by atoms with van der Waals surface area (Å²) in [5.74, 6) is -0.298. The fourth-order valence-corrected chi connectivity index (χ4v) is 4.35. The molecule has 3 aromatic rings. The van der Waals surface area contributed by atoms with Crippen LogP contribution in [0.25, 0.3) is 21.9 Å². The number of nitrogens with zero attached hydrogens (tertiary/aromatic N) is 2. The van der Waals surface area contributed by atoms with Gasteiger partial charge in [-0.3, -0.25) is 4.79 Å². The first-order valence-electron chi connectivity index (χ1n) is 9.88. The van der Waals surface area contributed by atoms with Gasteiger partial charge in [0.15, 0.2) is 5.71 Å². The zero-order valence-electron chi connectivity index (χ0n) is 17.0. The minimum Gasteiger partial charge on any atom is -0.506 e. The third-order valence-electron chi connectivity index (χ3n) is 5.82. The van der Waals surface area contributed by atoms with Crippen molar-refractivity contribution in [1.29, 1.82) is 0 Å². The van der Waals surface area contributed by atoms with Crippen LogP contribution in [0.4, 0.5) is 5.69 Å². The van der Waals surface area contributed by atoms with Crippen molar-refractivity contribution in [2.75, 3.05) is 4.72 Å². The summed E-state index contributed by atoms with van der Waals surface area (Å²) in [7, 11) is 23.0. The number of ketones is 1. The van der Waals surface area contributed by atoms with Gasteiger partial charge in [0, 0.05) is 22.7 Å². The lowest BCUT2D eigenvalue weighted by Crippen LogP contribution is -2.25. The zero-order chi connectivity index (χ0) is 22.6. The molecule has 32 heavy (non-hydrogen) atoms. The maximum Gasteiger partial charge on any atom is 0.550 e. The molecule has 8 heteroatoms. The van der Waals surface area contributed by atoms with E-state index in [1.54, 1.807) is 24.3 Å². The quantitative estimate of drug-likeness (QED) is 0.527. The molecule has 0 fully saturated rings. The van der Waals surface area contributed by atoms with Crippen LogP contribution in [0.3, 0.4) is 0 Å². The monoisotopic (exact) mass is 405 g/mol. The van der Waals surface area contributed by atoms with E-state index in [1.807, 2.05) is 48.5 Å². The number of carbonyl (C=O) groups excluding carboxylic acids is 1. The largest absolute Gasteiger partial charge is 0.550 e. The minimum absolute atomic E-state index is 0.0551. The van der Waals surface area contributed by atoms with Crippen LogP contribution in [0.5, 0.6) is 0 Å². The molecule has 142 valence electrons. The van der Waals surface area contributed by atoms with E-state index < -0.39 is 0 Å². The van der Waals surface area contributed by atoms with E-state index in [2.05, 4.69) is 0 Å². The second kappa shape index (κ2) is 7.49. The molecule has 2 aliphatic rings. The van der Waals surface area contributed by atoms with Crippen LogP contribution in [0.1, 0.15) is 16.7 Å².